The summed E-state index contributed by atoms with van der Waals surface area (Å²) >= 11 is 1.50. The largest absolute Gasteiger partial charge is 0.352 e. The molecule has 1 aliphatic heterocycles. The highest BCUT2D eigenvalue weighted by Gasteiger charge is 2.16. The Morgan fingerprint density at radius 1 is 1.47 bits per heavy atom. The average molecular weight is 281 g/mol. The minimum absolute atomic E-state index is 0.0679. The number of carbonyl (C=O) groups excluding carboxylic acids is 2. The lowest BCUT2D eigenvalue weighted by Crippen LogP contribution is -2.36. The summed E-state index contributed by atoms with van der Waals surface area (Å²) in [4.78, 5) is 23.2. The van der Waals surface area contributed by atoms with E-state index in [4.69, 9.17) is 0 Å². The molecule has 2 amide bonds. The summed E-state index contributed by atoms with van der Waals surface area (Å²) in [5, 5.41) is 12.7. The van der Waals surface area contributed by atoms with E-state index < -0.39 is 0 Å². The lowest BCUT2D eigenvalue weighted by atomic mass is 10.2. The number of hydrogen-bond donors (Lipinski definition) is 3. The van der Waals surface area contributed by atoms with Crippen molar-refractivity contribution in [2.24, 2.45) is 0 Å². The summed E-state index contributed by atoms with van der Waals surface area (Å²) in [7, 11) is 0. The van der Waals surface area contributed by atoms with E-state index >= 15 is 0 Å². The third-order valence-corrected chi connectivity index (χ3v) is 3.76. The van der Waals surface area contributed by atoms with Gasteiger partial charge >= 0.3 is 0 Å². The van der Waals surface area contributed by atoms with E-state index in [9.17, 15) is 9.59 Å². The quantitative estimate of drug-likeness (QED) is 0.674. The molecule has 0 spiro atoms. The second kappa shape index (κ2) is 7.25. The Morgan fingerprint density at radius 2 is 2.37 bits per heavy atom. The molecule has 1 aromatic rings. The Hall–Kier alpha value is -1.40. The van der Waals surface area contributed by atoms with Crippen molar-refractivity contribution >= 4 is 23.2 Å². The van der Waals surface area contributed by atoms with Crippen LogP contribution in [0, 0.1) is 0 Å². The molecular weight excluding hydrogens is 262 g/mol. The van der Waals surface area contributed by atoms with E-state index in [0.29, 0.717) is 24.9 Å². The molecule has 19 heavy (non-hydrogen) atoms. The first-order valence-electron chi connectivity index (χ1n) is 6.56. The van der Waals surface area contributed by atoms with Crippen LogP contribution < -0.4 is 16.0 Å². The van der Waals surface area contributed by atoms with Crippen LogP contribution in [0.5, 0.6) is 0 Å². The molecule has 1 fully saturated rings. The van der Waals surface area contributed by atoms with Crippen LogP contribution in [0.2, 0.25) is 0 Å². The molecule has 5 nitrogen and oxygen atoms in total. The van der Waals surface area contributed by atoms with Crippen molar-refractivity contribution in [3.63, 3.8) is 0 Å². The topological polar surface area (TPSA) is 70.2 Å². The smallest absolute Gasteiger partial charge is 0.252 e. The van der Waals surface area contributed by atoms with Crippen LogP contribution in [-0.2, 0) is 4.79 Å². The van der Waals surface area contributed by atoms with Gasteiger partial charge < -0.3 is 16.0 Å². The summed E-state index contributed by atoms with van der Waals surface area (Å²) in [6.45, 7) is 2.37. The zero-order valence-electron chi connectivity index (χ0n) is 10.8. The first kappa shape index (κ1) is 14.0. The molecule has 0 radical (unpaired) electrons. The van der Waals surface area contributed by atoms with Crippen molar-refractivity contribution < 1.29 is 9.59 Å². The molecule has 0 bridgehead atoms. The van der Waals surface area contributed by atoms with Crippen molar-refractivity contribution in [3.8, 4) is 0 Å². The van der Waals surface area contributed by atoms with Gasteiger partial charge in [0.05, 0.1) is 0 Å². The Bertz CT molecular complexity index is 414. The van der Waals surface area contributed by atoms with Gasteiger partial charge in [0.2, 0.25) is 5.91 Å². The van der Waals surface area contributed by atoms with Crippen LogP contribution in [0.3, 0.4) is 0 Å². The highest BCUT2D eigenvalue weighted by Crippen LogP contribution is 2.05. The normalized spacial score (nSPS) is 18.2. The van der Waals surface area contributed by atoms with E-state index in [2.05, 4.69) is 16.0 Å². The van der Waals surface area contributed by atoms with E-state index in [1.54, 1.807) is 6.07 Å². The highest BCUT2D eigenvalue weighted by atomic mass is 32.1. The maximum atomic E-state index is 11.6. The fourth-order valence-electron chi connectivity index (χ4n) is 2.02. The molecule has 2 heterocycles. The summed E-state index contributed by atoms with van der Waals surface area (Å²) in [6, 6.07) is 2.06. The molecule has 0 saturated carbocycles. The van der Waals surface area contributed by atoms with Crippen LogP contribution in [0.1, 0.15) is 29.6 Å². The van der Waals surface area contributed by atoms with Crippen LogP contribution in [0.15, 0.2) is 16.8 Å². The molecule has 1 unspecified atom stereocenters. The molecule has 0 aliphatic carbocycles. The minimum Gasteiger partial charge on any atom is -0.352 e. The number of rotatable bonds is 6. The van der Waals surface area contributed by atoms with Gasteiger partial charge in [0.1, 0.15) is 0 Å². The van der Waals surface area contributed by atoms with Gasteiger partial charge in [0, 0.05) is 36.5 Å². The zero-order valence-corrected chi connectivity index (χ0v) is 11.6. The SMILES string of the molecule is O=C(CCCNC(=O)c1ccsc1)NC1CCNC1. The van der Waals surface area contributed by atoms with Crippen molar-refractivity contribution in [1.29, 1.82) is 0 Å². The number of nitrogens with one attached hydrogen (secondary N) is 3. The lowest BCUT2D eigenvalue weighted by Gasteiger charge is -2.11. The van der Waals surface area contributed by atoms with Crippen molar-refractivity contribution in [2.45, 2.75) is 25.3 Å². The maximum Gasteiger partial charge on any atom is 0.252 e. The molecule has 6 heteroatoms. The summed E-state index contributed by atoms with van der Waals surface area (Å²) in [6.07, 6.45) is 2.13. The second-order valence-electron chi connectivity index (χ2n) is 4.63. The van der Waals surface area contributed by atoms with Crippen LogP contribution in [0.25, 0.3) is 0 Å². The van der Waals surface area contributed by atoms with Gasteiger partial charge in [-0.1, -0.05) is 0 Å². The van der Waals surface area contributed by atoms with E-state index in [-0.39, 0.29) is 17.9 Å². The summed E-state index contributed by atoms with van der Waals surface area (Å²) < 4.78 is 0. The maximum absolute atomic E-state index is 11.6. The fourth-order valence-corrected chi connectivity index (χ4v) is 2.66. The molecule has 0 aromatic carbocycles. The second-order valence-corrected chi connectivity index (χ2v) is 5.41. The lowest BCUT2D eigenvalue weighted by molar-refractivity contribution is -0.121. The third kappa shape index (κ3) is 4.65. The van der Waals surface area contributed by atoms with Crippen LogP contribution >= 0.6 is 11.3 Å². The Kier molecular flexibility index (Phi) is 5.35. The van der Waals surface area contributed by atoms with E-state index in [1.165, 1.54) is 11.3 Å². The predicted molar refractivity (Wildman–Crippen MR) is 75.3 cm³/mol. The Morgan fingerprint density at radius 3 is 3.05 bits per heavy atom. The van der Waals surface area contributed by atoms with Gasteiger partial charge in [-0.2, -0.15) is 11.3 Å². The third-order valence-electron chi connectivity index (χ3n) is 3.07. The monoisotopic (exact) mass is 281 g/mol. The summed E-state index contributed by atoms with van der Waals surface area (Å²) in [5.74, 6) is 0.000124. The van der Waals surface area contributed by atoms with Gasteiger partial charge in [-0.3, -0.25) is 9.59 Å². The van der Waals surface area contributed by atoms with E-state index in [1.807, 2.05) is 10.8 Å². The van der Waals surface area contributed by atoms with Crippen molar-refractivity contribution in [1.82, 2.24) is 16.0 Å². The molecule has 1 saturated heterocycles. The molecule has 1 aromatic heterocycles. The number of thiophene rings is 1. The molecule has 1 aliphatic rings. The van der Waals surface area contributed by atoms with Crippen molar-refractivity contribution in [2.75, 3.05) is 19.6 Å². The van der Waals surface area contributed by atoms with Gasteiger partial charge in [-0.05, 0) is 30.8 Å². The number of carbonyl (C=O) groups is 2. The molecular formula is C13H19N3O2S. The zero-order chi connectivity index (χ0) is 13.5. The Labute approximate surface area is 116 Å². The molecule has 1 atom stereocenters. The first-order valence-corrected chi connectivity index (χ1v) is 7.50. The Balaban J connectivity index is 1.56. The van der Waals surface area contributed by atoms with Crippen LogP contribution in [0.4, 0.5) is 0 Å². The average Bonchev–Trinajstić information content (AvgIpc) is 3.06. The molecule has 2 rings (SSSR count). The first-order chi connectivity index (χ1) is 9.25. The molecule has 3 N–H and O–H groups in total. The van der Waals surface area contributed by atoms with Gasteiger partial charge in [0.25, 0.3) is 5.91 Å². The van der Waals surface area contributed by atoms with Gasteiger partial charge in [-0.25, -0.2) is 0 Å². The van der Waals surface area contributed by atoms with Gasteiger partial charge in [-0.15, -0.1) is 0 Å². The van der Waals surface area contributed by atoms with Crippen LogP contribution in [-0.4, -0.2) is 37.5 Å². The fraction of sp³-hybridized carbons (Fsp3) is 0.538. The van der Waals surface area contributed by atoms with Gasteiger partial charge in [0.15, 0.2) is 0 Å². The molecule has 104 valence electrons. The van der Waals surface area contributed by atoms with E-state index in [0.717, 1.165) is 19.5 Å². The number of amides is 2. The summed E-state index contributed by atoms with van der Waals surface area (Å²) in [5.41, 5.74) is 0.687. The standard InChI is InChI=1S/C13H19N3O2S/c17-12(16-11-3-6-14-8-11)2-1-5-15-13(18)10-4-7-19-9-10/h4,7,9,11,14H,1-3,5-6,8H2,(H,15,18)(H,16,17). The highest BCUT2D eigenvalue weighted by molar-refractivity contribution is 7.08. The number of hydrogen-bond acceptors (Lipinski definition) is 4. The van der Waals surface area contributed by atoms with Crippen molar-refractivity contribution in [3.05, 3.63) is 22.4 Å². The minimum atomic E-state index is -0.0679. The predicted octanol–water partition coefficient (Wildman–Crippen LogP) is 0.736.